The SMILES string of the molecule is O=C(Cn1cnc(S(=O)(=O)N2CCc3ccccc32)c1)Nc1ccc2c(c1)OCO2. The molecular weight excluding hydrogens is 408 g/mol. The second kappa shape index (κ2) is 7.06. The summed E-state index contributed by atoms with van der Waals surface area (Å²) >= 11 is 0. The lowest BCUT2D eigenvalue weighted by molar-refractivity contribution is -0.116. The maximum atomic E-state index is 13.0. The van der Waals surface area contributed by atoms with Gasteiger partial charge in [-0.25, -0.2) is 4.98 Å². The average molecular weight is 426 g/mol. The van der Waals surface area contributed by atoms with Gasteiger partial charge >= 0.3 is 0 Å². The fourth-order valence-corrected chi connectivity index (χ4v) is 5.01. The molecule has 2 aliphatic rings. The third-order valence-corrected chi connectivity index (χ3v) is 6.69. The number of nitrogens with one attached hydrogen (secondary N) is 1. The summed E-state index contributed by atoms with van der Waals surface area (Å²) in [5, 5.41) is 2.67. The maximum absolute atomic E-state index is 13.0. The van der Waals surface area contributed by atoms with Gasteiger partial charge in [-0.2, -0.15) is 8.42 Å². The highest BCUT2D eigenvalue weighted by molar-refractivity contribution is 7.92. The Morgan fingerprint density at radius 1 is 1.13 bits per heavy atom. The largest absolute Gasteiger partial charge is 0.454 e. The Kier molecular flexibility index (Phi) is 4.35. The summed E-state index contributed by atoms with van der Waals surface area (Å²) in [6.45, 7) is 0.452. The lowest BCUT2D eigenvalue weighted by atomic mass is 10.2. The quantitative estimate of drug-likeness (QED) is 0.670. The van der Waals surface area contributed by atoms with E-state index < -0.39 is 10.0 Å². The van der Waals surface area contributed by atoms with E-state index in [0.29, 0.717) is 35.8 Å². The second-order valence-corrected chi connectivity index (χ2v) is 8.77. The fraction of sp³-hybridized carbons (Fsp3) is 0.200. The first-order chi connectivity index (χ1) is 14.5. The molecule has 0 saturated heterocycles. The highest BCUT2D eigenvalue weighted by atomic mass is 32.2. The molecule has 1 aromatic heterocycles. The van der Waals surface area contributed by atoms with E-state index in [4.69, 9.17) is 9.47 Å². The molecule has 2 aromatic carbocycles. The number of imidazole rings is 1. The van der Waals surface area contributed by atoms with Crippen molar-refractivity contribution in [2.24, 2.45) is 0 Å². The summed E-state index contributed by atoms with van der Waals surface area (Å²) in [6.07, 6.45) is 3.37. The lowest BCUT2D eigenvalue weighted by Gasteiger charge is -2.17. The number of rotatable bonds is 5. The minimum absolute atomic E-state index is 0.0758. The molecule has 154 valence electrons. The molecule has 10 heteroatoms. The highest BCUT2D eigenvalue weighted by Gasteiger charge is 2.32. The van der Waals surface area contributed by atoms with Crippen molar-refractivity contribution >= 4 is 27.3 Å². The fourth-order valence-electron chi connectivity index (χ4n) is 3.57. The van der Waals surface area contributed by atoms with Gasteiger partial charge in [0.2, 0.25) is 12.7 Å². The van der Waals surface area contributed by atoms with Crippen molar-refractivity contribution in [3.63, 3.8) is 0 Å². The van der Waals surface area contributed by atoms with Crippen LogP contribution in [0.25, 0.3) is 0 Å². The topological polar surface area (TPSA) is 103 Å². The predicted octanol–water partition coefficient (Wildman–Crippen LogP) is 2.00. The van der Waals surface area contributed by atoms with Crippen LogP contribution in [0.3, 0.4) is 0 Å². The maximum Gasteiger partial charge on any atom is 0.283 e. The van der Waals surface area contributed by atoms with Crippen LogP contribution in [0.15, 0.2) is 60.0 Å². The van der Waals surface area contributed by atoms with E-state index in [2.05, 4.69) is 10.3 Å². The van der Waals surface area contributed by atoms with Crippen molar-refractivity contribution in [2.75, 3.05) is 23.0 Å². The molecule has 0 bridgehead atoms. The number of para-hydroxylation sites is 1. The number of carbonyl (C=O) groups excluding carboxylic acids is 1. The number of hydrogen-bond donors (Lipinski definition) is 1. The van der Waals surface area contributed by atoms with Crippen LogP contribution in [0, 0.1) is 0 Å². The highest BCUT2D eigenvalue weighted by Crippen LogP contribution is 2.34. The number of benzene rings is 2. The summed E-state index contributed by atoms with van der Waals surface area (Å²) < 4.78 is 39.4. The zero-order chi connectivity index (χ0) is 20.7. The van der Waals surface area contributed by atoms with Crippen molar-refractivity contribution in [1.29, 1.82) is 0 Å². The molecule has 0 aliphatic carbocycles. The van der Waals surface area contributed by atoms with Crippen LogP contribution in [-0.2, 0) is 27.8 Å². The van der Waals surface area contributed by atoms with Crippen molar-refractivity contribution in [2.45, 2.75) is 18.0 Å². The van der Waals surface area contributed by atoms with E-state index in [1.165, 1.54) is 21.4 Å². The van der Waals surface area contributed by atoms with Crippen LogP contribution in [0.2, 0.25) is 0 Å². The second-order valence-electron chi connectivity index (χ2n) is 6.96. The molecule has 3 aromatic rings. The van der Waals surface area contributed by atoms with Crippen LogP contribution < -0.4 is 19.1 Å². The van der Waals surface area contributed by atoms with Gasteiger partial charge in [-0.15, -0.1) is 0 Å². The van der Waals surface area contributed by atoms with Crippen molar-refractivity contribution in [1.82, 2.24) is 9.55 Å². The minimum atomic E-state index is -3.79. The number of ether oxygens (including phenoxy) is 2. The normalized spacial score (nSPS) is 14.6. The smallest absolute Gasteiger partial charge is 0.283 e. The van der Waals surface area contributed by atoms with Crippen LogP contribution in [0.5, 0.6) is 11.5 Å². The first-order valence-electron chi connectivity index (χ1n) is 9.33. The Morgan fingerprint density at radius 2 is 1.97 bits per heavy atom. The molecular formula is C20H18N4O5S. The van der Waals surface area contributed by atoms with Crippen LogP contribution in [-0.4, -0.2) is 37.2 Å². The van der Waals surface area contributed by atoms with Crippen molar-refractivity contribution in [3.8, 4) is 11.5 Å². The van der Waals surface area contributed by atoms with Gasteiger partial charge in [0, 0.05) is 24.5 Å². The van der Waals surface area contributed by atoms with Crippen LogP contribution >= 0.6 is 0 Å². The van der Waals surface area contributed by atoms with E-state index >= 15 is 0 Å². The van der Waals surface area contributed by atoms with E-state index in [-0.39, 0.29) is 24.3 Å². The molecule has 0 spiro atoms. The monoisotopic (exact) mass is 426 g/mol. The molecule has 0 unspecified atom stereocenters. The molecule has 0 saturated carbocycles. The first-order valence-corrected chi connectivity index (χ1v) is 10.8. The minimum Gasteiger partial charge on any atom is -0.454 e. The number of aromatic nitrogens is 2. The summed E-state index contributed by atoms with van der Waals surface area (Å²) in [7, 11) is -3.79. The van der Waals surface area contributed by atoms with Crippen LogP contribution in [0.4, 0.5) is 11.4 Å². The molecule has 5 rings (SSSR count). The Balaban J connectivity index is 1.29. The third kappa shape index (κ3) is 3.24. The number of anilines is 2. The van der Waals surface area contributed by atoms with Gasteiger partial charge in [0.1, 0.15) is 6.54 Å². The van der Waals surface area contributed by atoms with E-state index in [1.807, 2.05) is 18.2 Å². The molecule has 1 amide bonds. The summed E-state index contributed by atoms with van der Waals surface area (Å²) in [4.78, 5) is 16.4. The summed E-state index contributed by atoms with van der Waals surface area (Å²) in [5.74, 6) is 0.873. The Labute approximate surface area is 172 Å². The molecule has 9 nitrogen and oxygen atoms in total. The zero-order valence-corrected chi connectivity index (χ0v) is 16.6. The molecule has 0 fully saturated rings. The lowest BCUT2D eigenvalue weighted by Crippen LogP contribution is -2.29. The van der Waals surface area contributed by atoms with Gasteiger partial charge < -0.3 is 19.4 Å². The van der Waals surface area contributed by atoms with Gasteiger partial charge in [0.15, 0.2) is 16.5 Å². The molecule has 2 aliphatic heterocycles. The van der Waals surface area contributed by atoms with E-state index in [9.17, 15) is 13.2 Å². The van der Waals surface area contributed by atoms with Gasteiger partial charge in [0.05, 0.1) is 12.0 Å². The standard InChI is InChI=1S/C20H18N4O5S/c25-19(22-15-5-6-17-18(9-15)29-13-28-17)10-23-11-20(21-12-23)30(26,27)24-8-7-14-3-1-2-4-16(14)24/h1-6,9,11-12H,7-8,10,13H2,(H,22,25). The first kappa shape index (κ1) is 18.5. The number of amides is 1. The van der Waals surface area contributed by atoms with Gasteiger partial charge in [0.25, 0.3) is 10.0 Å². The number of sulfonamides is 1. The predicted molar refractivity (Wildman–Crippen MR) is 108 cm³/mol. The van der Waals surface area contributed by atoms with Gasteiger partial charge in [-0.3, -0.25) is 9.10 Å². The van der Waals surface area contributed by atoms with E-state index in [0.717, 1.165) is 5.56 Å². The van der Waals surface area contributed by atoms with Crippen LogP contribution in [0.1, 0.15) is 5.56 Å². The van der Waals surface area contributed by atoms with Gasteiger partial charge in [-0.1, -0.05) is 18.2 Å². The average Bonchev–Trinajstić information content (AvgIpc) is 3.46. The summed E-state index contributed by atoms with van der Waals surface area (Å²) in [5.41, 5.74) is 2.22. The summed E-state index contributed by atoms with van der Waals surface area (Å²) in [6, 6.07) is 12.5. The number of nitrogens with zero attached hydrogens (tertiary/aromatic N) is 3. The third-order valence-electron chi connectivity index (χ3n) is 4.99. The number of carbonyl (C=O) groups is 1. The van der Waals surface area contributed by atoms with E-state index in [1.54, 1.807) is 24.3 Å². The number of fused-ring (bicyclic) bond motifs is 2. The molecule has 1 N–H and O–H groups in total. The molecule has 0 atom stereocenters. The van der Waals surface area contributed by atoms with Crippen molar-refractivity contribution < 1.29 is 22.7 Å². The molecule has 30 heavy (non-hydrogen) atoms. The Bertz CT molecular complexity index is 1240. The molecule has 0 radical (unpaired) electrons. The Morgan fingerprint density at radius 3 is 2.87 bits per heavy atom. The van der Waals surface area contributed by atoms with Crippen molar-refractivity contribution in [3.05, 3.63) is 60.6 Å². The number of hydrogen-bond acceptors (Lipinski definition) is 6. The zero-order valence-electron chi connectivity index (χ0n) is 15.8. The Hall–Kier alpha value is -3.53. The van der Waals surface area contributed by atoms with Gasteiger partial charge in [-0.05, 0) is 30.2 Å². The molecule has 3 heterocycles.